The number of hydrogen-bond donors (Lipinski definition) is 4. The molecule has 1 aliphatic heterocycles. The number of ether oxygens (including phenoxy) is 2. The van der Waals surface area contributed by atoms with Crippen molar-refractivity contribution < 1.29 is 49.1 Å². The Kier molecular flexibility index (Phi) is 10.3. The standard InChI is InChI=1S/C22H25N3O3.C6H8O7/c1-24-18-6-5-7-20(27-2)17(18)14-19(24)22(26)25-12-9-16(10-13-25)15-28-21-8-3-4-11-23-21;7-3(8)1-6(13,5(11)12)2-4(9)10/h3-8,11,14,16H,9-10,12-13,15H2,1-2H3;13H,1-2H2,(H,7,8)(H,9,10)(H,11,12). The van der Waals surface area contributed by atoms with E-state index in [0.29, 0.717) is 24.1 Å². The molecule has 0 saturated carbocycles. The van der Waals surface area contributed by atoms with Gasteiger partial charge < -0.3 is 39.4 Å². The number of fused-ring (bicyclic) bond motifs is 1. The molecule has 0 radical (unpaired) electrons. The first kappa shape index (κ1) is 30.9. The molecule has 0 atom stereocenters. The molecular weight excluding hydrogens is 538 g/mol. The van der Waals surface area contributed by atoms with Gasteiger partial charge in [0.05, 0.1) is 32.1 Å². The normalized spacial score (nSPS) is 13.7. The number of carboxylic acid groups (broad SMARTS) is 3. The summed E-state index contributed by atoms with van der Waals surface area (Å²) in [4.78, 5) is 49.7. The van der Waals surface area contributed by atoms with Gasteiger partial charge in [0.2, 0.25) is 5.88 Å². The molecule has 220 valence electrons. The Bertz CT molecular complexity index is 1360. The van der Waals surface area contributed by atoms with E-state index in [1.165, 1.54) is 0 Å². The zero-order valence-corrected chi connectivity index (χ0v) is 22.7. The number of carbonyl (C=O) groups is 4. The summed E-state index contributed by atoms with van der Waals surface area (Å²) in [6.07, 6.45) is 1.32. The molecule has 0 spiro atoms. The fourth-order valence-electron chi connectivity index (χ4n) is 4.53. The number of aliphatic hydroxyl groups is 1. The molecule has 0 bridgehead atoms. The van der Waals surface area contributed by atoms with Gasteiger partial charge >= 0.3 is 17.9 Å². The van der Waals surface area contributed by atoms with Gasteiger partial charge in [0.1, 0.15) is 11.4 Å². The van der Waals surface area contributed by atoms with E-state index in [2.05, 4.69) is 4.98 Å². The second kappa shape index (κ2) is 13.6. The zero-order valence-electron chi connectivity index (χ0n) is 22.7. The van der Waals surface area contributed by atoms with Crippen molar-refractivity contribution in [1.29, 1.82) is 0 Å². The first-order chi connectivity index (χ1) is 19.4. The summed E-state index contributed by atoms with van der Waals surface area (Å²) in [6.45, 7) is 2.13. The molecule has 3 aromatic rings. The number of aromatic nitrogens is 2. The third kappa shape index (κ3) is 7.94. The van der Waals surface area contributed by atoms with E-state index >= 15 is 0 Å². The molecule has 1 fully saturated rings. The van der Waals surface area contributed by atoms with Gasteiger partial charge in [0, 0.05) is 37.8 Å². The smallest absolute Gasteiger partial charge is 0.336 e. The summed E-state index contributed by atoms with van der Waals surface area (Å²) >= 11 is 0. The van der Waals surface area contributed by atoms with E-state index in [1.807, 2.05) is 59.0 Å². The number of pyridine rings is 1. The van der Waals surface area contributed by atoms with Gasteiger partial charge in [0.25, 0.3) is 5.91 Å². The molecular formula is C28H33N3O10. The van der Waals surface area contributed by atoms with Crippen molar-refractivity contribution in [2.24, 2.45) is 13.0 Å². The minimum atomic E-state index is -2.74. The summed E-state index contributed by atoms with van der Waals surface area (Å²) in [7, 11) is 3.59. The highest BCUT2D eigenvalue weighted by Gasteiger charge is 2.40. The summed E-state index contributed by atoms with van der Waals surface area (Å²) in [6, 6.07) is 13.5. The van der Waals surface area contributed by atoms with E-state index in [0.717, 1.165) is 42.6 Å². The number of methoxy groups -OCH3 is 1. The molecule has 1 saturated heterocycles. The van der Waals surface area contributed by atoms with Gasteiger partial charge in [0.15, 0.2) is 5.60 Å². The summed E-state index contributed by atoms with van der Waals surface area (Å²) in [5, 5.41) is 34.8. The highest BCUT2D eigenvalue weighted by Crippen LogP contribution is 2.29. The van der Waals surface area contributed by atoms with Crippen molar-refractivity contribution in [2.75, 3.05) is 26.8 Å². The molecule has 1 aromatic carbocycles. The molecule has 41 heavy (non-hydrogen) atoms. The van der Waals surface area contributed by atoms with Gasteiger partial charge in [-0.1, -0.05) is 12.1 Å². The molecule has 13 nitrogen and oxygen atoms in total. The first-order valence-corrected chi connectivity index (χ1v) is 12.8. The lowest BCUT2D eigenvalue weighted by Crippen LogP contribution is -2.42. The lowest BCUT2D eigenvalue weighted by atomic mass is 9.96. The van der Waals surface area contributed by atoms with E-state index in [4.69, 9.17) is 29.9 Å². The largest absolute Gasteiger partial charge is 0.496 e. The fraction of sp³-hybridized carbons (Fsp3) is 0.393. The maximum absolute atomic E-state index is 13.1. The predicted molar refractivity (Wildman–Crippen MR) is 145 cm³/mol. The number of carboxylic acids is 3. The second-order valence-corrected chi connectivity index (χ2v) is 9.67. The van der Waals surface area contributed by atoms with Crippen LogP contribution < -0.4 is 9.47 Å². The SMILES string of the molecule is COc1cccc2c1cc(C(=O)N1CCC(COc3ccccn3)CC1)n2C.O=C(O)CC(O)(CC(=O)O)C(=O)O. The number of carbonyl (C=O) groups excluding carboxylic acids is 1. The third-order valence-electron chi connectivity index (χ3n) is 6.78. The van der Waals surface area contributed by atoms with Crippen molar-refractivity contribution in [3.8, 4) is 11.6 Å². The van der Waals surface area contributed by atoms with Crippen LogP contribution in [0, 0.1) is 5.92 Å². The Morgan fingerprint density at radius 3 is 2.20 bits per heavy atom. The van der Waals surface area contributed by atoms with E-state index < -0.39 is 36.4 Å². The molecule has 13 heteroatoms. The highest BCUT2D eigenvalue weighted by atomic mass is 16.5. The Labute approximate surface area is 235 Å². The number of likely N-dealkylation sites (tertiary alicyclic amines) is 1. The predicted octanol–water partition coefficient (Wildman–Crippen LogP) is 2.26. The number of aliphatic carboxylic acids is 3. The number of aryl methyl sites for hydroxylation is 1. The molecule has 2 aromatic heterocycles. The molecule has 3 heterocycles. The minimum absolute atomic E-state index is 0.0739. The minimum Gasteiger partial charge on any atom is -0.496 e. The van der Waals surface area contributed by atoms with Gasteiger partial charge in [-0.3, -0.25) is 14.4 Å². The second-order valence-electron chi connectivity index (χ2n) is 9.67. The van der Waals surface area contributed by atoms with Crippen LogP contribution in [0.2, 0.25) is 0 Å². The average molecular weight is 572 g/mol. The molecule has 1 amide bonds. The average Bonchev–Trinajstić information content (AvgIpc) is 3.28. The topological polar surface area (TPSA) is 189 Å². The van der Waals surface area contributed by atoms with E-state index in [1.54, 1.807) is 13.3 Å². The van der Waals surface area contributed by atoms with Crippen molar-refractivity contribution in [3.05, 3.63) is 54.4 Å². The molecule has 0 unspecified atom stereocenters. The van der Waals surface area contributed by atoms with Crippen LogP contribution in [0.15, 0.2) is 48.7 Å². The lowest BCUT2D eigenvalue weighted by molar-refractivity contribution is -0.170. The van der Waals surface area contributed by atoms with Crippen molar-refractivity contribution in [1.82, 2.24) is 14.5 Å². The van der Waals surface area contributed by atoms with Crippen molar-refractivity contribution in [3.63, 3.8) is 0 Å². The summed E-state index contributed by atoms with van der Waals surface area (Å²) in [5.74, 6) is -3.05. The number of nitrogens with zero attached hydrogens (tertiary/aromatic N) is 3. The molecule has 0 aliphatic carbocycles. The van der Waals surface area contributed by atoms with Crippen LogP contribution in [0.25, 0.3) is 10.9 Å². The Hall–Kier alpha value is -4.65. The first-order valence-electron chi connectivity index (χ1n) is 12.8. The monoisotopic (exact) mass is 571 g/mol. The molecule has 1 aliphatic rings. The Morgan fingerprint density at radius 2 is 1.66 bits per heavy atom. The highest BCUT2D eigenvalue weighted by molar-refractivity contribution is 6.00. The number of piperidine rings is 1. The quantitative estimate of drug-likeness (QED) is 0.279. The van der Waals surface area contributed by atoms with Crippen LogP contribution in [0.5, 0.6) is 11.6 Å². The van der Waals surface area contributed by atoms with Gasteiger partial charge in [-0.05, 0) is 43.0 Å². The van der Waals surface area contributed by atoms with Gasteiger partial charge in [-0.25, -0.2) is 9.78 Å². The fourth-order valence-corrected chi connectivity index (χ4v) is 4.53. The lowest BCUT2D eigenvalue weighted by Gasteiger charge is -2.31. The van der Waals surface area contributed by atoms with Gasteiger partial charge in [-0.15, -0.1) is 0 Å². The molecule has 4 rings (SSSR count). The maximum Gasteiger partial charge on any atom is 0.336 e. The van der Waals surface area contributed by atoms with Gasteiger partial charge in [-0.2, -0.15) is 0 Å². The Balaban J connectivity index is 0.000000302. The van der Waals surface area contributed by atoms with E-state index in [-0.39, 0.29) is 5.91 Å². The summed E-state index contributed by atoms with van der Waals surface area (Å²) in [5.41, 5.74) is -1.04. The summed E-state index contributed by atoms with van der Waals surface area (Å²) < 4.78 is 13.2. The van der Waals surface area contributed by atoms with Crippen LogP contribution in [0.1, 0.15) is 36.2 Å². The number of amides is 1. The number of benzene rings is 1. The van der Waals surface area contributed by atoms with Crippen LogP contribution in [0.3, 0.4) is 0 Å². The van der Waals surface area contributed by atoms with Crippen molar-refractivity contribution in [2.45, 2.75) is 31.3 Å². The zero-order chi connectivity index (χ0) is 30.2. The van der Waals surface area contributed by atoms with E-state index in [9.17, 15) is 19.2 Å². The van der Waals surface area contributed by atoms with Crippen LogP contribution >= 0.6 is 0 Å². The van der Waals surface area contributed by atoms with Crippen molar-refractivity contribution >= 4 is 34.7 Å². The number of hydrogen-bond acceptors (Lipinski definition) is 8. The third-order valence-corrected chi connectivity index (χ3v) is 6.78. The van der Waals surface area contributed by atoms with Crippen LogP contribution in [-0.4, -0.2) is 91.1 Å². The van der Waals surface area contributed by atoms with Crippen LogP contribution in [0.4, 0.5) is 0 Å². The Morgan fingerprint density at radius 1 is 1.00 bits per heavy atom. The van der Waals surface area contributed by atoms with Crippen LogP contribution in [-0.2, 0) is 21.4 Å². The molecule has 4 N–H and O–H groups in total. The maximum atomic E-state index is 13.1. The number of rotatable bonds is 10.